The van der Waals surface area contributed by atoms with Gasteiger partial charge in [0.1, 0.15) is 5.75 Å². The standard InChI is InChI=1S/C7H7BrO/c8-5-6-1-3-7(9)4-2-6/h1-4,9H,5H2/i/hT. The molecule has 0 bridgehead atoms. The predicted octanol–water partition coefficient (Wildman–Crippen LogP) is 2.29. The van der Waals surface area contributed by atoms with E-state index in [2.05, 4.69) is 21.0 Å². The monoisotopic (exact) mass is 188 g/mol. The molecule has 0 atom stereocenters. The van der Waals surface area contributed by atoms with Crippen molar-refractivity contribution in [3.8, 4) is 5.75 Å². The van der Waals surface area contributed by atoms with Gasteiger partial charge in [0.2, 0.25) is 0 Å². The Morgan fingerprint density at radius 3 is 2.56 bits per heavy atom. The summed E-state index contributed by atoms with van der Waals surface area (Å²) in [5, 5.41) is 5.09. The number of alkyl halides is 1. The van der Waals surface area contributed by atoms with Gasteiger partial charge in [-0.1, -0.05) is 28.1 Å². The van der Waals surface area contributed by atoms with Crippen molar-refractivity contribution >= 4 is 15.9 Å². The number of phenols is 1. The number of hydrogen-bond donors (Lipinski definition) is 1. The van der Waals surface area contributed by atoms with Crippen molar-refractivity contribution in [2.24, 2.45) is 0 Å². The van der Waals surface area contributed by atoms with E-state index in [0.717, 1.165) is 5.33 Å². The summed E-state index contributed by atoms with van der Waals surface area (Å²) in [7, 11) is 0. The SMILES string of the molecule is [3H]Oc1ccc(CBr)cc1. The van der Waals surface area contributed by atoms with Crippen LogP contribution in [-0.4, -0.2) is 6.54 Å². The van der Waals surface area contributed by atoms with Crippen LogP contribution in [0.3, 0.4) is 0 Å². The first-order valence-corrected chi connectivity index (χ1v) is 3.77. The summed E-state index contributed by atoms with van der Waals surface area (Å²) in [6.45, 7) is 0. The molecule has 1 aromatic carbocycles. The van der Waals surface area contributed by atoms with Crippen LogP contribution in [0.2, 0.25) is 0 Å². The molecule has 0 radical (unpaired) electrons. The van der Waals surface area contributed by atoms with Crippen LogP contribution in [0.5, 0.6) is 5.75 Å². The minimum Gasteiger partial charge on any atom is -0.508 e. The van der Waals surface area contributed by atoms with Crippen molar-refractivity contribution in [1.29, 1.82) is 1.43 Å². The predicted molar refractivity (Wildman–Crippen MR) is 40.7 cm³/mol. The van der Waals surface area contributed by atoms with Gasteiger partial charge in [-0.3, -0.25) is 0 Å². The molecule has 1 aromatic rings. The Balaban J connectivity index is 2.80. The summed E-state index contributed by atoms with van der Waals surface area (Å²) >= 11 is 3.32. The average molecular weight is 189 g/mol. The molecule has 0 aromatic heterocycles. The zero-order chi connectivity index (χ0) is 7.40. The zero-order valence-electron chi connectivity index (χ0n) is 5.80. The molecule has 0 unspecified atom stereocenters. The highest BCUT2D eigenvalue weighted by Crippen LogP contribution is 2.11. The van der Waals surface area contributed by atoms with E-state index in [4.69, 9.17) is 1.43 Å². The van der Waals surface area contributed by atoms with Crippen LogP contribution in [0.25, 0.3) is 0 Å². The average Bonchev–Trinajstić information content (AvgIpc) is 2.05. The van der Waals surface area contributed by atoms with Crippen molar-refractivity contribution in [2.45, 2.75) is 5.33 Å². The van der Waals surface area contributed by atoms with E-state index in [1.54, 1.807) is 12.1 Å². The first kappa shape index (κ1) is 5.30. The normalized spacial score (nSPS) is 10.6. The van der Waals surface area contributed by atoms with Crippen LogP contribution in [-0.2, 0) is 5.33 Å². The molecule has 0 heterocycles. The molecule has 9 heavy (non-hydrogen) atoms. The molecule has 1 rings (SSSR count). The largest absolute Gasteiger partial charge is 0.508 e. The molecule has 0 aliphatic carbocycles. The number of benzene rings is 1. The van der Waals surface area contributed by atoms with E-state index in [0.29, 0.717) is 5.75 Å². The van der Waals surface area contributed by atoms with Crippen LogP contribution >= 0.6 is 15.9 Å². The van der Waals surface area contributed by atoms with E-state index < -0.39 is 0 Å². The van der Waals surface area contributed by atoms with Crippen LogP contribution in [0.1, 0.15) is 5.56 Å². The van der Waals surface area contributed by atoms with Gasteiger partial charge < -0.3 is 5.11 Å². The Kier molecular flexibility index (Phi) is 1.69. The number of rotatable bonds is 2. The lowest BCUT2D eigenvalue weighted by atomic mass is 10.2. The Labute approximate surface area is 63.9 Å². The summed E-state index contributed by atoms with van der Waals surface area (Å²) in [6.07, 6.45) is 0. The molecule has 0 fully saturated rings. The van der Waals surface area contributed by atoms with Crippen molar-refractivity contribution in [1.82, 2.24) is 0 Å². The summed E-state index contributed by atoms with van der Waals surface area (Å²) < 4.78 is 6.56. The van der Waals surface area contributed by atoms with E-state index >= 15 is 0 Å². The lowest BCUT2D eigenvalue weighted by molar-refractivity contribution is 0.475. The van der Waals surface area contributed by atoms with Gasteiger partial charge in [0, 0.05) is 5.33 Å². The highest BCUT2D eigenvalue weighted by atomic mass is 79.9. The number of phenolic OH excluding ortho intramolecular Hbond substituents is 1. The summed E-state index contributed by atoms with van der Waals surface area (Å²) in [5.74, 6) is 0.574. The molecular weight excluding hydrogens is 180 g/mol. The maximum atomic E-state index is 6.56. The van der Waals surface area contributed by atoms with Crippen LogP contribution < -0.4 is 0 Å². The molecule has 1 N–H and O–H groups in total. The fourth-order valence-corrected chi connectivity index (χ4v) is 0.952. The second-order valence-electron chi connectivity index (χ2n) is 1.78. The molecule has 2 heteroatoms. The highest BCUT2D eigenvalue weighted by Gasteiger charge is 1.87. The van der Waals surface area contributed by atoms with Crippen LogP contribution in [0.4, 0.5) is 0 Å². The van der Waals surface area contributed by atoms with E-state index in [9.17, 15) is 0 Å². The molecule has 0 saturated heterocycles. The van der Waals surface area contributed by atoms with Gasteiger partial charge in [0.25, 0.3) is 1.43 Å². The van der Waals surface area contributed by atoms with E-state index in [-0.39, 0.29) is 0 Å². The summed E-state index contributed by atoms with van der Waals surface area (Å²) in [6, 6.07) is 7.37. The number of hydrogen-bond acceptors (Lipinski definition) is 1. The maximum absolute atomic E-state index is 6.56. The third kappa shape index (κ3) is 1.72. The third-order valence-electron chi connectivity index (χ3n) is 1.08. The first-order chi connectivity index (χ1) is 4.86. The van der Waals surface area contributed by atoms with Gasteiger partial charge in [0.05, 0.1) is 0 Å². The molecule has 0 spiro atoms. The second kappa shape index (κ2) is 2.87. The molecule has 0 saturated carbocycles. The summed E-state index contributed by atoms with van der Waals surface area (Å²) in [4.78, 5) is 0. The molecule has 1 nitrogen and oxygen atoms in total. The van der Waals surface area contributed by atoms with Gasteiger partial charge in [-0.25, -0.2) is 0 Å². The van der Waals surface area contributed by atoms with Crippen molar-refractivity contribution in [3.05, 3.63) is 29.8 Å². The second-order valence-corrected chi connectivity index (χ2v) is 2.34. The lowest BCUT2D eigenvalue weighted by Crippen LogP contribution is -1.72. The van der Waals surface area contributed by atoms with Crippen LogP contribution in [0, 0.1) is 0 Å². The van der Waals surface area contributed by atoms with Crippen molar-refractivity contribution < 1.29 is 5.11 Å². The van der Waals surface area contributed by atoms with Gasteiger partial charge in [-0.2, -0.15) is 0 Å². The van der Waals surface area contributed by atoms with Crippen molar-refractivity contribution in [2.75, 3.05) is 0 Å². The first-order valence-electron chi connectivity index (χ1n) is 3.05. The van der Waals surface area contributed by atoms with Crippen LogP contribution in [0.15, 0.2) is 24.3 Å². The van der Waals surface area contributed by atoms with Gasteiger partial charge in [-0.15, -0.1) is 0 Å². The Morgan fingerprint density at radius 1 is 1.44 bits per heavy atom. The minimum atomic E-state index is 0.574. The summed E-state index contributed by atoms with van der Waals surface area (Å²) in [5.41, 5.74) is 1.18. The fourth-order valence-electron chi connectivity index (χ4n) is 0.579. The quantitative estimate of drug-likeness (QED) is 0.707. The Morgan fingerprint density at radius 2 is 2.11 bits per heavy atom. The Hall–Kier alpha value is -0.500. The third-order valence-corrected chi connectivity index (χ3v) is 1.73. The molecule has 0 amide bonds. The molecule has 0 aliphatic heterocycles. The van der Waals surface area contributed by atoms with E-state index in [1.165, 1.54) is 5.56 Å². The molecule has 0 aliphatic rings. The van der Waals surface area contributed by atoms with Gasteiger partial charge >= 0.3 is 0 Å². The number of aromatic hydroxyl groups is 1. The Bertz CT molecular complexity index is 174. The zero-order valence-corrected chi connectivity index (χ0v) is 6.39. The van der Waals surface area contributed by atoms with Gasteiger partial charge in [-0.05, 0) is 17.7 Å². The topological polar surface area (TPSA) is 20.2 Å². The highest BCUT2D eigenvalue weighted by molar-refractivity contribution is 9.08. The van der Waals surface area contributed by atoms with Crippen molar-refractivity contribution in [3.63, 3.8) is 0 Å². The molecular formula is C7H7BrO. The molecule has 48 valence electrons. The lowest BCUT2D eigenvalue weighted by Gasteiger charge is -1.92. The van der Waals surface area contributed by atoms with E-state index in [1.807, 2.05) is 12.1 Å². The maximum Gasteiger partial charge on any atom is 0.293 e. The minimum absolute atomic E-state index is 0.574. The number of halogens is 1. The van der Waals surface area contributed by atoms with Gasteiger partial charge in [0.15, 0.2) is 0 Å². The smallest absolute Gasteiger partial charge is 0.293 e. The fraction of sp³-hybridized carbons (Fsp3) is 0.143.